The van der Waals surface area contributed by atoms with Gasteiger partial charge in [0.15, 0.2) is 11.5 Å². The van der Waals surface area contributed by atoms with Crippen LogP contribution in [-0.2, 0) is 4.74 Å². The minimum Gasteiger partial charge on any atom is -0.490 e. The minimum atomic E-state index is -0.174. The third-order valence-corrected chi connectivity index (χ3v) is 3.04. The molecule has 112 valence electrons. The summed E-state index contributed by atoms with van der Waals surface area (Å²) in [5, 5.41) is 2.77. The Morgan fingerprint density at radius 3 is 2.55 bits per heavy atom. The summed E-state index contributed by atoms with van der Waals surface area (Å²) in [4.78, 5) is 12.0. The molecule has 0 atom stereocenters. The quantitative estimate of drug-likeness (QED) is 0.736. The summed E-state index contributed by atoms with van der Waals surface area (Å²) in [5.41, 5.74) is 0.514. The molecule has 1 N–H and O–H groups in total. The van der Waals surface area contributed by atoms with Crippen molar-refractivity contribution in [2.75, 3.05) is 33.5 Å². The van der Waals surface area contributed by atoms with E-state index in [1.807, 2.05) is 13.8 Å². The molecule has 0 fully saturated rings. The van der Waals surface area contributed by atoms with Gasteiger partial charge in [0.05, 0.1) is 24.3 Å². The Bertz CT molecular complexity index is 451. The van der Waals surface area contributed by atoms with E-state index in [0.29, 0.717) is 47.9 Å². The summed E-state index contributed by atoms with van der Waals surface area (Å²) in [6.07, 6.45) is 0. The first kappa shape index (κ1) is 16.8. The van der Waals surface area contributed by atoms with Gasteiger partial charge < -0.3 is 19.5 Å². The van der Waals surface area contributed by atoms with E-state index in [1.165, 1.54) is 0 Å². The summed E-state index contributed by atoms with van der Waals surface area (Å²) in [6.45, 7) is 5.74. The molecule has 0 saturated carbocycles. The fraction of sp³-hybridized carbons (Fsp3) is 0.500. The molecule has 0 radical (unpaired) electrons. The van der Waals surface area contributed by atoms with Crippen LogP contribution in [0, 0.1) is 0 Å². The molecule has 1 aromatic rings. The van der Waals surface area contributed by atoms with E-state index in [-0.39, 0.29) is 5.91 Å². The van der Waals surface area contributed by atoms with Gasteiger partial charge in [-0.25, -0.2) is 0 Å². The molecular weight excluding hydrogens is 326 g/mol. The van der Waals surface area contributed by atoms with Crippen molar-refractivity contribution in [3.05, 3.63) is 22.2 Å². The molecule has 1 amide bonds. The Hall–Kier alpha value is -1.27. The zero-order valence-corrected chi connectivity index (χ0v) is 13.6. The van der Waals surface area contributed by atoms with Gasteiger partial charge in [0.25, 0.3) is 5.91 Å². The molecule has 0 heterocycles. The highest BCUT2D eigenvalue weighted by atomic mass is 79.9. The third-order valence-electron chi connectivity index (χ3n) is 2.45. The van der Waals surface area contributed by atoms with Crippen LogP contribution < -0.4 is 14.8 Å². The first-order valence-electron chi connectivity index (χ1n) is 6.50. The maximum absolute atomic E-state index is 12.0. The van der Waals surface area contributed by atoms with Crippen LogP contribution in [-0.4, -0.2) is 39.4 Å². The van der Waals surface area contributed by atoms with Gasteiger partial charge in [-0.15, -0.1) is 0 Å². The largest absolute Gasteiger partial charge is 0.490 e. The smallest absolute Gasteiger partial charge is 0.251 e. The van der Waals surface area contributed by atoms with E-state index < -0.39 is 0 Å². The standard InChI is InChI=1S/C14H20BrNO4/c1-4-19-12-9-10(14(17)16-6-7-18-3)8-11(15)13(12)20-5-2/h8-9H,4-7H2,1-3H3,(H,16,17). The van der Waals surface area contributed by atoms with E-state index in [4.69, 9.17) is 14.2 Å². The monoisotopic (exact) mass is 345 g/mol. The van der Waals surface area contributed by atoms with Gasteiger partial charge in [-0.1, -0.05) is 0 Å². The first-order valence-corrected chi connectivity index (χ1v) is 7.29. The van der Waals surface area contributed by atoms with Crippen LogP contribution in [0.5, 0.6) is 11.5 Å². The normalized spacial score (nSPS) is 10.2. The highest BCUT2D eigenvalue weighted by Gasteiger charge is 2.15. The van der Waals surface area contributed by atoms with Crippen molar-refractivity contribution in [3.8, 4) is 11.5 Å². The molecule has 0 aromatic heterocycles. The SMILES string of the molecule is CCOc1cc(C(=O)NCCOC)cc(Br)c1OCC. The first-order chi connectivity index (χ1) is 9.63. The van der Waals surface area contributed by atoms with Crippen molar-refractivity contribution in [2.45, 2.75) is 13.8 Å². The van der Waals surface area contributed by atoms with E-state index in [1.54, 1.807) is 19.2 Å². The Balaban J connectivity index is 2.95. The molecule has 0 aliphatic carbocycles. The Morgan fingerprint density at radius 2 is 1.95 bits per heavy atom. The molecule has 0 aliphatic rings. The van der Waals surface area contributed by atoms with E-state index in [9.17, 15) is 4.79 Å². The number of ether oxygens (including phenoxy) is 3. The molecule has 0 spiro atoms. The number of benzene rings is 1. The van der Waals surface area contributed by atoms with Crippen LogP contribution in [0.3, 0.4) is 0 Å². The van der Waals surface area contributed by atoms with Gasteiger partial charge in [0.2, 0.25) is 0 Å². The molecule has 1 aromatic carbocycles. The molecule has 0 aliphatic heterocycles. The second kappa shape index (κ2) is 8.81. The van der Waals surface area contributed by atoms with E-state index >= 15 is 0 Å². The summed E-state index contributed by atoms with van der Waals surface area (Å²) in [5.74, 6) is 0.996. The van der Waals surface area contributed by atoms with E-state index in [2.05, 4.69) is 21.2 Å². The van der Waals surface area contributed by atoms with Crippen molar-refractivity contribution in [3.63, 3.8) is 0 Å². The van der Waals surface area contributed by atoms with Crippen molar-refractivity contribution < 1.29 is 19.0 Å². The number of carbonyl (C=O) groups is 1. The average Bonchev–Trinajstić information content (AvgIpc) is 2.42. The molecule has 20 heavy (non-hydrogen) atoms. The number of hydrogen-bond donors (Lipinski definition) is 1. The van der Waals surface area contributed by atoms with Gasteiger partial charge in [0.1, 0.15) is 0 Å². The Labute approximate surface area is 127 Å². The van der Waals surface area contributed by atoms with Gasteiger partial charge in [-0.05, 0) is 41.9 Å². The van der Waals surface area contributed by atoms with Crippen LogP contribution in [0.2, 0.25) is 0 Å². The lowest BCUT2D eigenvalue weighted by atomic mass is 10.2. The zero-order valence-electron chi connectivity index (χ0n) is 12.0. The molecule has 6 heteroatoms. The number of amides is 1. The predicted molar refractivity (Wildman–Crippen MR) is 80.7 cm³/mol. The lowest BCUT2D eigenvalue weighted by molar-refractivity contribution is 0.0936. The number of halogens is 1. The van der Waals surface area contributed by atoms with Crippen molar-refractivity contribution in [2.24, 2.45) is 0 Å². The number of hydrogen-bond acceptors (Lipinski definition) is 4. The second-order valence-electron chi connectivity index (χ2n) is 3.90. The summed E-state index contributed by atoms with van der Waals surface area (Å²) < 4.78 is 16.7. The molecular formula is C14H20BrNO4. The fourth-order valence-electron chi connectivity index (χ4n) is 1.62. The van der Waals surface area contributed by atoms with Crippen LogP contribution in [0.1, 0.15) is 24.2 Å². The van der Waals surface area contributed by atoms with Crippen LogP contribution in [0.25, 0.3) is 0 Å². The number of methoxy groups -OCH3 is 1. The number of rotatable bonds is 8. The van der Waals surface area contributed by atoms with Crippen LogP contribution in [0.15, 0.2) is 16.6 Å². The Morgan fingerprint density at radius 1 is 1.25 bits per heavy atom. The van der Waals surface area contributed by atoms with Gasteiger partial charge in [-0.3, -0.25) is 4.79 Å². The summed E-state index contributed by atoms with van der Waals surface area (Å²) in [6, 6.07) is 3.40. The van der Waals surface area contributed by atoms with Crippen LogP contribution >= 0.6 is 15.9 Å². The maximum atomic E-state index is 12.0. The topological polar surface area (TPSA) is 56.8 Å². The van der Waals surface area contributed by atoms with Crippen molar-refractivity contribution >= 4 is 21.8 Å². The zero-order chi connectivity index (χ0) is 15.0. The fourth-order valence-corrected chi connectivity index (χ4v) is 2.17. The molecule has 0 saturated heterocycles. The predicted octanol–water partition coefficient (Wildman–Crippen LogP) is 2.62. The number of nitrogens with one attached hydrogen (secondary N) is 1. The maximum Gasteiger partial charge on any atom is 0.251 e. The summed E-state index contributed by atoms with van der Waals surface area (Å²) >= 11 is 3.41. The van der Waals surface area contributed by atoms with Gasteiger partial charge in [-0.2, -0.15) is 0 Å². The van der Waals surface area contributed by atoms with Crippen LogP contribution in [0.4, 0.5) is 0 Å². The summed E-state index contributed by atoms with van der Waals surface area (Å²) in [7, 11) is 1.59. The lowest BCUT2D eigenvalue weighted by Gasteiger charge is -2.14. The highest BCUT2D eigenvalue weighted by molar-refractivity contribution is 9.10. The number of carbonyl (C=O) groups excluding carboxylic acids is 1. The van der Waals surface area contributed by atoms with Crippen molar-refractivity contribution in [1.29, 1.82) is 0 Å². The molecule has 5 nitrogen and oxygen atoms in total. The average molecular weight is 346 g/mol. The molecule has 0 unspecified atom stereocenters. The molecule has 1 rings (SSSR count). The van der Waals surface area contributed by atoms with E-state index in [0.717, 1.165) is 0 Å². The Kier molecular flexibility index (Phi) is 7.40. The minimum absolute atomic E-state index is 0.174. The third kappa shape index (κ3) is 4.68. The van der Waals surface area contributed by atoms with Crippen molar-refractivity contribution in [1.82, 2.24) is 5.32 Å². The second-order valence-corrected chi connectivity index (χ2v) is 4.75. The lowest BCUT2D eigenvalue weighted by Crippen LogP contribution is -2.27. The molecule has 0 bridgehead atoms. The highest BCUT2D eigenvalue weighted by Crippen LogP contribution is 2.36. The van der Waals surface area contributed by atoms with Gasteiger partial charge in [0, 0.05) is 19.2 Å². The van der Waals surface area contributed by atoms with Gasteiger partial charge >= 0.3 is 0 Å².